The minimum absolute atomic E-state index is 0.000999. The molecule has 170 valence electrons. The number of benzene rings is 2. The molecule has 0 N–H and O–H groups in total. The zero-order valence-electron chi connectivity index (χ0n) is 18.5. The number of amides is 2. The molecule has 1 unspecified atom stereocenters. The van der Waals surface area contributed by atoms with Gasteiger partial charge >= 0.3 is 0 Å². The van der Waals surface area contributed by atoms with E-state index < -0.39 is 0 Å². The summed E-state index contributed by atoms with van der Waals surface area (Å²) in [7, 11) is 0. The summed E-state index contributed by atoms with van der Waals surface area (Å²) in [5, 5.41) is 0.918. The number of pyridine rings is 1. The van der Waals surface area contributed by atoms with E-state index in [9.17, 15) is 14.0 Å². The molecule has 2 fully saturated rings. The summed E-state index contributed by atoms with van der Waals surface area (Å²) < 4.78 is 13.6. The van der Waals surface area contributed by atoms with E-state index in [4.69, 9.17) is 0 Å². The fourth-order valence-electron chi connectivity index (χ4n) is 4.93. The fraction of sp³-hybridized carbons (Fsp3) is 0.346. The standard InChI is InChI=1S/C26H27FN4O2/c27-21-8-9-22-23(17-21)28-11-10-24(22)29-13-15-30(16-14-29)26(33)20-7-4-12-31(18-20)25(32)19-5-2-1-3-6-19/h1-3,5-6,8-11,17,20H,4,7,12-16,18H2. The van der Waals surface area contributed by atoms with Gasteiger partial charge in [0, 0.05) is 68.2 Å². The highest BCUT2D eigenvalue weighted by atomic mass is 19.1. The first-order valence-electron chi connectivity index (χ1n) is 11.5. The molecule has 2 aliphatic rings. The molecule has 7 heteroatoms. The number of piperidine rings is 1. The molecule has 5 rings (SSSR count). The zero-order valence-corrected chi connectivity index (χ0v) is 18.5. The quantitative estimate of drug-likeness (QED) is 0.617. The van der Waals surface area contributed by atoms with Crippen LogP contribution in [0.5, 0.6) is 0 Å². The highest BCUT2D eigenvalue weighted by molar-refractivity contribution is 5.95. The van der Waals surface area contributed by atoms with Crippen molar-refractivity contribution >= 4 is 28.4 Å². The lowest BCUT2D eigenvalue weighted by Crippen LogP contribution is -2.53. The maximum absolute atomic E-state index is 13.6. The van der Waals surface area contributed by atoms with Crippen LogP contribution in [0.25, 0.3) is 10.9 Å². The van der Waals surface area contributed by atoms with Gasteiger partial charge in [-0.05, 0) is 43.2 Å². The lowest BCUT2D eigenvalue weighted by molar-refractivity contribution is -0.137. The van der Waals surface area contributed by atoms with Crippen LogP contribution in [0.2, 0.25) is 0 Å². The molecule has 3 aromatic rings. The number of halogens is 1. The molecule has 2 amide bonds. The number of nitrogens with zero attached hydrogens (tertiary/aromatic N) is 4. The van der Waals surface area contributed by atoms with Gasteiger partial charge in [0.25, 0.3) is 5.91 Å². The normalized spacial score (nSPS) is 19.1. The van der Waals surface area contributed by atoms with Gasteiger partial charge in [0.2, 0.25) is 5.91 Å². The molecule has 2 aromatic carbocycles. The SMILES string of the molecule is O=C(c1ccccc1)N1CCCC(C(=O)N2CCN(c3ccnc4cc(F)ccc34)CC2)C1. The van der Waals surface area contributed by atoms with E-state index in [1.807, 2.05) is 46.2 Å². The van der Waals surface area contributed by atoms with Gasteiger partial charge in [0.05, 0.1) is 11.4 Å². The van der Waals surface area contributed by atoms with Crippen LogP contribution < -0.4 is 4.90 Å². The van der Waals surface area contributed by atoms with E-state index in [0.717, 1.165) is 23.9 Å². The summed E-state index contributed by atoms with van der Waals surface area (Å²) in [4.78, 5) is 36.4. The first-order valence-corrected chi connectivity index (χ1v) is 11.5. The highest BCUT2D eigenvalue weighted by Crippen LogP contribution is 2.28. The second-order valence-corrected chi connectivity index (χ2v) is 8.76. The number of hydrogen-bond acceptors (Lipinski definition) is 4. The van der Waals surface area contributed by atoms with Crippen LogP contribution in [0, 0.1) is 11.7 Å². The molecule has 0 saturated carbocycles. The van der Waals surface area contributed by atoms with Crippen molar-refractivity contribution in [1.82, 2.24) is 14.8 Å². The Hall–Kier alpha value is -3.48. The fourth-order valence-corrected chi connectivity index (χ4v) is 4.93. The van der Waals surface area contributed by atoms with Gasteiger partial charge < -0.3 is 14.7 Å². The Labute approximate surface area is 192 Å². The predicted octanol–water partition coefficient (Wildman–Crippen LogP) is 3.57. The van der Waals surface area contributed by atoms with Crippen molar-refractivity contribution < 1.29 is 14.0 Å². The molecule has 0 aliphatic carbocycles. The average molecular weight is 447 g/mol. The van der Waals surface area contributed by atoms with Gasteiger partial charge in [-0.1, -0.05) is 18.2 Å². The summed E-state index contributed by atoms with van der Waals surface area (Å²) in [5.74, 6) is -0.307. The van der Waals surface area contributed by atoms with Crippen molar-refractivity contribution in [2.24, 2.45) is 5.92 Å². The molecule has 0 bridgehead atoms. The number of likely N-dealkylation sites (tertiary alicyclic amines) is 1. The maximum atomic E-state index is 13.6. The van der Waals surface area contributed by atoms with Gasteiger partial charge in [-0.2, -0.15) is 0 Å². The van der Waals surface area contributed by atoms with Gasteiger partial charge in [-0.25, -0.2) is 4.39 Å². The Morgan fingerprint density at radius 2 is 1.70 bits per heavy atom. The largest absolute Gasteiger partial charge is 0.367 e. The summed E-state index contributed by atoms with van der Waals surface area (Å²) >= 11 is 0. The number of carbonyl (C=O) groups is 2. The summed E-state index contributed by atoms with van der Waals surface area (Å²) in [6, 6.07) is 15.9. The number of carbonyl (C=O) groups excluding carboxylic acids is 2. The van der Waals surface area contributed by atoms with Crippen molar-refractivity contribution in [1.29, 1.82) is 0 Å². The average Bonchev–Trinajstić information content (AvgIpc) is 2.88. The minimum Gasteiger partial charge on any atom is -0.367 e. The molecule has 0 radical (unpaired) electrons. The Balaban J connectivity index is 1.22. The van der Waals surface area contributed by atoms with Crippen LogP contribution in [-0.4, -0.2) is 65.9 Å². The van der Waals surface area contributed by atoms with Crippen LogP contribution in [-0.2, 0) is 4.79 Å². The lowest BCUT2D eigenvalue weighted by Gasteiger charge is -2.40. The Bertz CT molecular complexity index is 1160. The maximum Gasteiger partial charge on any atom is 0.253 e. The zero-order chi connectivity index (χ0) is 22.8. The van der Waals surface area contributed by atoms with Crippen LogP contribution in [0.3, 0.4) is 0 Å². The summed E-state index contributed by atoms with van der Waals surface area (Å²) in [6.45, 7) is 3.86. The van der Waals surface area contributed by atoms with Crippen LogP contribution in [0.15, 0.2) is 60.8 Å². The van der Waals surface area contributed by atoms with E-state index >= 15 is 0 Å². The van der Waals surface area contributed by atoms with E-state index in [1.165, 1.54) is 12.1 Å². The first-order chi connectivity index (χ1) is 16.1. The van der Waals surface area contributed by atoms with Crippen molar-refractivity contribution in [3.8, 4) is 0 Å². The number of anilines is 1. The van der Waals surface area contributed by atoms with Gasteiger partial charge in [-0.3, -0.25) is 14.6 Å². The molecule has 3 heterocycles. The second-order valence-electron chi connectivity index (χ2n) is 8.76. The number of aromatic nitrogens is 1. The molecular weight excluding hydrogens is 419 g/mol. The van der Waals surface area contributed by atoms with Crippen molar-refractivity contribution in [2.45, 2.75) is 12.8 Å². The van der Waals surface area contributed by atoms with Crippen LogP contribution in [0.4, 0.5) is 10.1 Å². The Kier molecular flexibility index (Phi) is 5.94. The smallest absolute Gasteiger partial charge is 0.253 e. The van der Waals surface area contributed by atoms with Crippen LogP contribution in [0.1, 0.15) is 23.2 Å². The van der Waals surface area contributed by atoms with Crippen LogP contribution >= 0.6 is 0 Å². The molecular formula is C26H27FN4O2. The molecule has 1 aromatic heterocycles. The summed E-state index contributed by atoms with van der Waals surface area (Å²) in [6.07, 6.45) is 3.36. The molecule has 33 heavy (non-hydrogen) atoms. The van der Waals surface area contributed by atoms with Crippen molar-refractivity contribution in [3.05, 3.63) is 72.2 Å². The molecule has 0 spiro atoms. The molecule has 2 saturated heterocycles. The van der Waals surface area contributed by atoms with E-state index in [0.29, 0.717) is 50.3 Å². The molecule has 6 nitrogen and oxygen atoms in total. The third-order valence-electron chi connectivity index (χ3n) is 6.69. The van der Waals surface area contributed by atoms with Gasteiger partial charge in [0.1, 0.15) is 5.82 Å². The molecule has 1 atom stereocenters. The topological polar surface area (TPSA) is 56.8 Å². The van der Waals surface area contributed by atoms with E-state index in [-0.39, 0.29) is 23.5 Å². The van der Waals surface area contributed by atoms with Gasteiger partial charge in [0.15, 0.2) is 0 Å². The number of piperazine rings is 1. The van der Waals surface area contributed by atoms with E-state index in [2.05, 4.69) is 9.88 Å². The third-order valence-corrected chi connectivity index (χ3v) is 6.69. The second kappa shape index (κ2) is 9.17. The lowest BCUT2D eigenvalue weighted by atomic mass is 9.95. The van der Waals surface area contributed by atoms with Crippen molar-refractivity contribution in [2.75, 3.05) is 44.2 Å². The number of rotatable bonds is 3. The van der Waals surface area contributed by atoms with Crippen molar-refractivity contribution in [3.63, 3.8) is 0 Å². The Morgan fingerprint density at radius 3 is 2.48 bits per heavy atom. The minimum atomic E-state index is -0.296. The number of fused-ring (bicyclic) bond motifs is 1. The monoisotopic (exact) mass is 446 g/mol. The number of hydrogen-bond donors (Lipinski definition) is 0. The summed E-state index contributed by atoms with van der Waals surface area (Å²) in [5.41, 5.74) is 2.32. The predicted molar refractivity (Wildman–Crippen MR) is 126 cm³/mol. The third kappa shape index (κ3) is 4.40. The molecule has 2 aliphatic heterocycles. The van der Waals surface area contributed by atoms with E-state index in [1.54, 1.807) is 12.3 Å². The first kappa shape index (κ1) is 21.4. The highest BCUT2D eigenvalue weighted by Gasteiger charge is 2.33. The Morgan fingerprint density at radius 1 is 0.909 bits per heavy atom. The van der Waals surface area contributed by atoms with Gasteiger partial charge in [-0.15, -0.1) is 0 Å².